The van der Waals surface area contributed by atoms with Crippen LogP contribution in [0.25, 0.3) is 0 Å². The van der Waals surface area contributed by atoms with Gasteiger partial charge in [0.15, 0.2) is 11.5 Å². The highest BCUT2D eigenvalue weighted by Gasteiger charge is 2.18. The molecule has 7 heteroatoms. The number of halogens is 1. The summed E-state index contributed by atoms with van der Waals surface area (Å²) in [6.07, 6.45) is 0.152. The molecule has 0 atom stereocenters. The van der Waals surface area contributed by atoms with E-state index >= 15 is 0 Å². The van der Waals surface area contributed by atoms with E-state index in [1.807, 2.05) is 13.0 Å². The number of nitrogens with one attached hydrogen (secondary N) is 1. The van der Waals surface area contributed by atoms with E-state index in [9.17, 15) is 9.59 Å². The fourth-order valence-corrected chi connectivity index (χ4v) is 2.96. The molecule has 1 N–H and O–H groups in total. The van der Waals surface area contributed by atoms with Crippen molar-refractivity contribution in [1.29, 1.82) is 0 Å². The van der Waals surface area contributed by atoms with Crippen molar-refractivity contribution in [3.63, 3.8) is 0 Å². The van der Waals surface area contributed by atoms with Crippen molar-refractivity contribution < 1.29 is 19.1 Å². The zero-order valence-electron chi connectivity index (χ0n) is 15.3. The molecule has 0 bridgehead atoms. The van der Waals surface area contributed by atoms with Gasteiger partial charge in [0.1, 0.15) is 13.2 Å². The Bertz CT molecular complexity index is 869. The number of anilines is 2. The van der Waals surface area contributed by atoms with Crippen molar-refractivity contribution >= 4 is 34.8 Å². The highest BCUT2D eigenvalue weighted by Crippen LogP contribution is 2.34. The number of amides is 2. The van der Waals surface area contributed by atoms with E-state index in [0.717, 1.165) is 5.56 Å². The van der Waals surface area contributed by atoms with Crippen molar-refractivity contribution in [2.45, 2.75) is 20.3 Å². The van der Waals surface area contributed by atoms with Crippen LogP contribution in [0, 0.1) is 6.92 Å². The predicted molar refractivity (Wildman–Crippen MR) is 105 cm³/mol. The first kappa shape index (κ1) is 19.0. The molecular weight excluding hydrogens is 368 g/mol. The summed E-state index contributed by atoms with van der Waals surface area (Å²) < 4.78 is 11.1. The standard InChI is InChI=1S/C20H21ClN2O4/c1-13-3-4-15(11-17(13)21)22-20(25)7-8-23(14(2)24)16-5-6-18-19(12-16)27-10-9-26-18/h3-6,11-12H,7-10H2,1-2H3,(H,22,25). The largest absolute Gasteiger partial charge is 0.486 e. The second-order valence-corrected chi connectivity index (χ2v) is 6.67. The summed E-state index contributed by atoms with van der Waals surface area (Å²) in [5.74, 6) is 0.905. The third kappa shape index (κ3) is 4.71. The highest BCUT2D eigenvalue weighted by molar-refractivity contribution is 6.31. The number of hydrogen-bond donors (Lipinski definition) is 1. The van der Waals surface area contributed by atoms with Gasteiger partial charge in [-0.3, -0.25) is 9.59 Å². The van der Waals surface area contributed by atoms with Crippen LogP contribution in [-0.4, -0.2) is 31.6 Å². The Balaban J connectivity index is 1.65. The molecule has 0 aliphatic carbocycles. The average Bonchev–Trinajstić information content (AvgIpc) is 2.64. The molecule has 1 aliphatic heterocycles. The summed E-state index contributed by atoms with van der Waals surface area (Å²) >= 11 is 6.08. The van der Waals surface area contributed by atoms with E-state index in [1.165, 1.54) is 6.92 Å². The summed E-state index contributed by atoms with van der Waals surface area (Å²) in [7, 11) is 0. The van der Waals surface area contributed by atoms with Crippen molar-refractivity contribution in [2.24, 2.45) is 0 Å². The first-order valence-electron chi connectivity index (χ1n) is 8.68. The molecule has 3 rings (SSSR count). The molecule has 0 unspecified atom stereocenters. The minimum atomic E-state index is -0.196. The van der Waals surface area contributed by atoms with Gasteiger partial charge < -0.3 is 19.7 Å². The molecule has 0 fully saturated rings. The molecule has 0 saturated heterocycles. The molecule has 2 aromatic carbocycles. The normalized spacial score (nSPS) is 12.4. The molecule has 27 heavy (non-hydrogen) atoms. The van der Waals surface area contributed by atoms with Crippen LogP contribution < -0.4 is 19.7 Å². The average molecular weight is 389 g/mol. The lowest BCUT2D eigenvalue weighted by Crippen LogP contribution is -2.32. The molecule has 0 radical (unpaired) electrons. The monoisotopic (exact) mass is 388 g/mol. The number of nitrogens with zero attached hydrogens (tertiary/aromatic N) is 1. The minimum absolute atomic E-state index is 0.152. The summed E-state index contributed by atoms with van der Waals surface area (Å²) in [6.45, 7) is 4.59. The predicted octanol–water partition coefficient (Wildman–Crippen LogP) is 3.80. The number of aryl methyl sites for hydroxylation is 1. The van der Waals surface area contributed by atoms with Gasteiger partial charge in [0.25, 0.3) is 0 Å². The van der Waals surface area contributed by atoms with Crippen LogP contribution in [0.3, 0.4) is 0 Å². The van der Waals surface area contributed by atoms with Gasteiger partial charge in [-0.1, -0.05) is 17.7 Å². The van der Waals surface area contributed by atoms with Crippen molar-refractivity contribution in [3.8, 4) is 11.5 Å². The van der Waals surface area contributed by atoms with E-state index in [4.69, 9.17) is 21.1 Å². The number of carbonyl (C=O) groups is 2. The number of fused-ring (bicyclic) bond motifs is 1. The third-order valence-electron chi connectivity index (χ3n) is 4.24. The number of rotatable bonds is 5. The van der Waals surface area contributed by atoms with Crippen LogP contribution in [-0.2, 0) is 9.59 Å². The number of benzene rings is 2. The van der Waals surface area contributed by atoms with Crippen molar-refractivity contribution in [2.75, 3.05) is 30.0 Å². The van der Waals surface area contributed by atoms with Crippen LogP contribution in [0.5, 0.6) is 11.5 Å². The van der Waals surface area contributed by atoms with Crippen LogP contribution in [0.4, 0.5) is 11.4 Å². The van der Waals surface area contributed by atoms with Gasteiger partial charge in [-0.25, -0.2) is 0 Å². The van der Waals surface area contributed by atoms with Gasteiger partial charge in [-0.05, 0) is 36.8 Å². The molecule has 0 aromatic heterocycles. The van der Waals surface area contributed by atoms with Crippen molar-refractivity contribution in [3.05, 3.63) is 47.0 Å². The lowest BCUT2D eigenvalue weighted by atomic mass is 10.2. The molecule has 2 amide bonds. The molecule has 2 aromatic rings. The van der Waals surface area contributed by atoms with Crippen LogP contribution in [0.1, 0.15) is 18.9 Å². The van der Waals surface area contributed by atoms with E-state index in [1.54, 1.807) is 35.2 Å². The van der Waals surface area contributed by atoms with E-state index in [0.29, 0.717) is 41.1 Å². The Morgan fingerprint density at radius 2 is 1.85 bits per heavy atom. The quantitative estimate of drug-likeness (QED) is 0.845. The minimum Gasteiger partial charge on any atom is -0.486 e. The molecule has 142 valence electrons. The van der Waals surface area contributed by atoms with E-state index in [-0.39, 0.29) is 24.8 Å². The Labute approximate surface area is 163 Å². The van der Waals surface area contributed by atoms with Crippen LogP contribution in [0.15, 0.2) is 36.4 Å². The molecule has 1 heterocycles. The van der Waals surface area contributed by atoms with Gasteiger partial charge in [0.2, 0.25) is 11.8 Å². The number of hydrogen-bond acceptors (Lipinski definition) is 4. The fraction of sp³-hybridized carbons (Fsp3) is 0.300. The van der Waals surface area contributed by atoms with E-state index in [2.05, 4.69) is 5.32 Å². The maximum atomic E-state index is 12.3. The topological polar surface area (TPSA) is 67.9 Å². The summed E-state index contributed by atoms with van der Waals surface area (Å²) in [5, 5.41) is 3.39. The lowest BCUT2D eigenvalue weighted by molar-refractivity contribution is -0.117. The van der Waals surface area contributed by atoms with Gasteiger partial charge in [-0.15, -0.1) is 0 Å². The summed E-state index contributed by atoms with van der Waals surface area (Å²) in [5.41, 5.74) is 2.23. The smallest absolute Gasteiger partial charge is 0.226 e. The highest BCUT2D eigenvalue weighted by atomic mass is 35.5. The second kappa shape index (κ2) is 8.31. The SMILES string of the molecule is CC(=O)N(CCC(=O)Nc1ccc(C)c(Cl)c1)c1ccc2c(c1)OCCO2. The summed E-state index contributed by atoms with van der Waals surface area (Å²) in [4.78, 5) is 25.9. The Morgan fingerprint density at radius 3 is 2.56 bits per heavy atom. The second-order valence-electron chi connectivity index (χ2n) is 6.26. The zero-order chi connectivity index (χ0) is 19.4. The maximum Gasteiger partial charge on any atom is 0.226 e. The van der Waals surface area contributed by atoms with Gasteiger partial charge in [-0.2, -0.15) is 0 Å². The van der Waals surface area contributed by atoms with Crippen LogP contribution >= 0.6 is 11.6 Å². The van der Waals surface area contributed by atoms with Crippen LogP contribution in [0.2, 0.25) is 5.02 Å². The van der Waals surface area contributed by atoms with E-state index < -0.39 is 0 Å². The molecule has 0 saturated carbocycles. The fourth-order valence-electron chi connectivity index (χ4n) is 2.78. The lowest BCUT2D eigenvalue weighted by Gasteiger charge is -2.24. The molecule has 1 aliphatic rings. The molecule has 6 nitrogen and oxygen atoms in total. The molecule has 0 spiro atoms. The maximum absolute atomic E-state index is 12.3. The Morgan fingerprint density at radius 1 is 1.11 bits per heavy atom. The first-order valence-corrected chi connectivity index (χ1v) is 9.05. The summed E-state index contributed by atoms with van der Waals surface area (Å²) in [6, 6.07) is 10.7. The van der Waals surface area contributed by atoms with Gasteiger partial charge in [0.05, 0.1) is 0 Å². The number of ether oxygens (including phenoxy) is 2. The van der Waals surface area contributed by atoms with Gasteiger partial charge in [0, 0.05) is 42.4 Å². The Kier molecular flexibility index (Phi) is 5.86. The van der Waals surface area contributed by atoms with Crippen molar-refractivity contribution in [1.82, 2.24) is 0 Å². The molecular formula is C20H21ClN2O4. The Hall–Kier alpha value is -2.73. The third-order valence-corrected chi connectivity index (χ3v) is 4.64. The number of carbonyl (C=O) groups excluding carboxylic acids is 2. The first-order chi connectivity index (χ1) is 12.9. The zero-order valence-corrected chi connectivity index (χ0v) is 16.0. The van der Waals surface area contributed by atoms with Gasteiger partial charge >= 0.3 is 0 Å².